The SMILES string of the molecule is CCCCCCCCc1ccc(OCCCC)c(N(CCCC)CCCC)c1. The number of unbranched alkanes of at least 4 members (excludes halogenated alkanes) is 8. The van der Waals surface area contributed by atoms with E-state index < -0.39 is 0 Å². The molecular formula is C26H47NO. The Bertz CT molecular complexity index is 477. The zero-order chi connectivity index (χ0) is 20.5. The summed E-state index contributed by atoms with van der Waals surface area (Å²) in [6.45, 7) is 12.2. The van der Waals surface area contributed by atoms with Gasteiger partial charge < -0.3 is 9.64 Å². The van der Waals surface area contributed by atoms with Crippen molar-refractivity contribution < 1.29 is 4.74 Å². The number of aryl methyl sites for hydroxylation is 1. The second-order valence-electron chi connectivity index (χ2n) is 8.22. The summed E-state index contributed by atoms with van der Waals surface area (Å²) in [5.41, 5.74) is 2.81. The van der Waals surface area contributed by atoms with Crippen LogP contribution in [0.3, 0.4) is 0 Å². The zero-order valence-electron chi connectivity index (χ0n) is 19.4. The predicted molar refractivity (Wildman–Crippen MR) is 126 cm³/mol. The molecule has 0 aromatic heterocycles. The van der Waals surface area contributed by atoms with Gasteiger partial charge in [0.05, 0.1) is 12.3 Å². The monoisotopic (exact) mass is 389 g/mol. The highest BCUT2D eigenvalue weighted by Crippen LogP contribution is 2.31. The normalized spacial score (nSPS) is 11.0. The number of rotatable bonds is 18. The molecule has 2 nitrogen and oxygen atoms in total. The van der Waals surface area contributed by atoms with Crippen molar-refractivity contribution in [1.29, 1.82) is 0 Å². The van der Waals surface area contributed by atoms with Crippen LogP contribution >= 0.6 is 0 Å². The van der Waals surface area contributed by atoms with Gasteiger partial charge in [0.1, 0.15) is 5.75 Å². The molecule has 162 valence electrons. The fourth-order valence-corrected chi connectivity index (χ4v) is 3.57. The number of anilines is 1. The molecule has 0 radical (unpaired) electrons. The standard InChI is InChI=1S/C26H47NO/c1-5-9-13-14-15-16-17-24-18-19-26(28-22-12-8-4)25(23-24)27(20-10-6-2)21-11-7-3/h18-19,23H,5-17,20-22H2,1-4H3. The lowest BCUT2D eigenvalue weighted by Crippen LogP contribution is -2.26. The first-order valence-electron chi connectivity index (χ1n) is 12.3. The van der Waals surface area contributed by atoms with Gasteiger partial charge >= 0.3 is 0 Å². The Morgan fingerprint density at radius 3 is 1.93 bits per heavy atom. The van der Waals surface area contributed by atoms with E-state index in [1.807, 2.05) is 0 Å². The molecule has 0 fully saturated rings. The Balaban J connectivity index is 2.81. The minimum absolute atomic E-state index is 0.829. The van der Waals surface area contributed by atoms with E-state index in [0.29, 0.717) is 0 Å². The van der Waals surface area contributed by atoms with Gasteiger partial charge in [-0.2, -0.15) is 0 Å². The minimum atomic E-state index is 0.829. The molecule has 28 heavy (non-hydrogen) atoms. The van der Waals surface area contributed by atoms with Crippen LogP contribution in [0.15, 0.2) is 18.2 Å². The molecule has 0 N–H and O–H groups in total. The Hall–Kier alpha value is -1.18. The van der Waals surface area contributed by atoms with Crippen LogP contribution in [0.2, 0.25) is 0 Å². The van der Waals surface area contributed by atoms with Gasteiger partial charge in [-0.05, 0) is 49.8 Å². The van der Waals surface area contributed by atoms with Crippen LogP contribution in [0.4, 0.5) is 5.69 Å². The minimum Gasteiger partial charge on any atom is -0.491 e. The lowest BCUT2D eigenvalue weighted by molar-refractivity contribution is 0.309. The molecule has 0 heterocycles. The van der Waals surface area contributed by atoms with Crippen molar-refractivity contribution in [3.05, 3.63) is 23.8 Å². The summed E-state index contributed by atoms with van der Waals surface area (Å²) in [6.07, 6.45) is 16.7. The maximum atomic E-state index is 6.20. The molecule has 1 rings (SSSR count). The number of hydrogen-bond acceptors (Lipinski definition) is 2. The second-order valence-corrected chi connectivity index (χ2v) is 8.22. The topological polar surface area (TPSA) is 12.5 Å². The summed E-state index contributed by atoms with van der Waals surface area (Å²) in [7, 11) is 0. The third-order valence-corrected chi connectivity index (χ3v) is 5.50. The van der Waals surface area contributed by atoms with Crippen molar-refractivity contribution in [3.8, 4) is 5.75 Å². The van der Waals surface area contributed by atoms with E-state index in [2.05, 4.69) is 50.8 Å². The van der Waals surface area contributed by atoms with Crippen LogP contribution in [0, 0.1) is 0 Å². The molecule has 0 aliphatic heterocycles. The van der Waals surface area contributed by atoms with Crippen LogP contribution in [0.25, 0.3) is 0 Å². The Morgan fingerprint density at radius 1 is 0.679 bits per heavy atom. The number of hydrogen-bond donors (Lipinski definition) is 0. The molecule has 0 saturated heterocycles. The van der Waals surface area contributed by atoms with Crippen molar-refractivity contribution in [3.63, 3.8) is 0 Å². The van der Waals surface area contributed by atoms with E-state index in [0.717, 1.165) is 31.9 Å². The first-order valence-corrected chi connectivity index (χ1v) is 12.3. The van der Waals surface area contributed by atoms with Crippen LogP contribution < -0.4 is 9.64 Å². The summed E-state index contributed by atoms with van der Waals surface area (Å²) in [5, 5.41) is 0. The highest BCUT2D eigenvalue weighted by molar-refractivity contribution is 5.60. The Morgan fingerprint density at radius 2 is 1.29 bits per heavy atom. The molecule has 2 heteroatoms. The van der Waals surface area contributed by atoms with Crippen molar-refractivity contribution in [2.45, 2.75) is 111 Å². The van der Waals surface area contributed by atoms with E-state index in [1.54, 1.807) is 0 Å². The predicted octanol–water partition coefficient (Wildman–Crippen LogP) is 8.18. The second kappa shape index (κ2) is 16.7. The zero-order valence-corrected chi connectivity index (χ0v) is 19.4. The van der Waals surface area contributed by atoms with E-state index in [1.165, 1.54) is 88.3 Å². The molecule has 0 aliphatic carbocycles. The Labute approximate surface area is 176 Å². The van der Waals surface area contributed by atoms with E-state index >= 15 is 0 Å². The van der Waals surface area contributed by atoms with Gasteiger partial charge in [0, 0.05) is 13.1 Å². The summed E-state index contributed by atoms with van der Waals surface area (Å²) < 4.78 is 6.20. The number of benzene rings is 1. The highest BCUT2D eigenvalue weighted by Gasteiger charge is 2.13. The summed E-state index contributed by atoms with van der Waals surface area (Å²) in [5.74, 6) is 1.09. The highest BCUT2D eigenvalue weighted by atomic mass is 16.5. The molecule has 0 bridgehead atoms. The van der Waals surface area contributed by atoms with Crippen LogP contribution in [0.1, 0.15) is 110 Å². The van der Waals surface area contributed by atoms with E-state index in [4.69, 9.17) is 4.74 Å². The largest absolute Gasteiger partial charge is 0.491 e. The first-order chi connectivity index (χ1) is 13.8. The number of nitrogens with zero attached hydrogens (tertiary/aromatic N) is 1. The lowest BCUT2D eigenvalue weighted by atomic mass is 10.0. The third-order valence-electron chi connectivity index (χ3n) is 5.50. The average molecular weight is 390 g/mol. The van der Waals surface area contributed by atoms with E-state index in [-0.39, 0.29) is 0 Å². The van der Waals surface area contributed by atoms with Gasteiger partial charge in [-0.3, -0.25) is 0 Å². The van der Waals surface area contributed by atoms with Crippen molar-refractivity contribution in [2.75, 3.05) is 24.6 Å². The van der Waals surface area contributed by atoms with Gasteiger partial charge in [0.15, 0.2) is 0 Å². The van der Waals surface area contributed by atoms with Crippen molar-refractivity contribution in [1.82, 2.24) is 0 Å². The quantitative estimate of drug-likeness (QED) is 0.235. The molecule has 1 aromatic rings. The van der Waals surface area contributed by atoms with Gasteiger partial charge in [-0.1, -0.05) is 85.1 Å². The molecule has 0 unspecified atom stereocenters. The maximum Gasteiger partial charge on any atom is 0.142 e. The van der Waals surface area contributed by atoms with Crippen molar-refractivity contribution >= 4 is 5.69 Å². The molecule has 0 spiro atoms. The first kappa shape index (κ1) is 24.9. The average Bonchev–Trinajstić information content (AvgIpc) is 2.72. The summed E-state index contributed by atoms with van der Waals surface area (Å²) >= 11 is 0. The molecule has 0 amide bonds. The van der Waals surface area contributed by atoms with Crippen LogP contribution in [0.5, 0.6) is 5.75 Å². The van der Waals surface area contributed by atoms with Gasteiger partial charge in [-0.25, -0.2) is 0 Å². The summed E-state index contributed by atoms with van der Waals surface area (Å²) in [4.78, 5) is 2.58. The maximum absolute atomic E-state index is 6.20. The summed E-state index contributed by atoms with van der Waals surface area (Å²) in [6, 6.07) is 6.97. The van der Waals surface area contributed by atoms with Gasteiger partial charge in [-0.15, -0.1) is 0 Å². The molecule has 0 saturated carbocycles. The molecule has 1 aromatic carbocycles. The Kier molecular flexibility index (Phi) is 14.9. The van der Waals surface area contributed by atoms with Crippen LogP contribution in [-0.2, 0) is 6.42 Å². The molecule has 0 atom stereocenters. The lowest BCUT2D eigenvalue weighted by Gasteiger charge is -2.27. The van der Waals surface area contributed by atoms with Crippen LogP contribution in [-0.4, -0.2) is 19.7 Å². The number of ether oxygens (including phenoxy) is 1. The van der Waals surface area contributed by atoms with Crippen molar-refractivity contribution in [2.24, 2.45) is 0 Å². The van der Waals surface area contributed by atoms with E-state index in [9.17, 15) is 0 Å². The van der Waals surface area contributed by atoms with Gasteiger partial charge in [0.2, 0.25) is 0 Å². The fourth-order valence-electron chi connectivity index (χ4n) is 3.57. The fraction of sp³-hybridized carbons (Fsp3) is 0.769. The third kappa shape index (κ3) is 10.4. The smallest absolute Gasteiger partial charge is 0.142 e. The molecular weight excluding hydrogens is 342 g/mol. The molecule has 0 aliphatic rings. The van der Waals surface area contributed by atoms with Gasteiger partial charge in [0.25, 0.3) is 0 Å².